The van der Waals surface area contributed by atoms with Gasteiger partial charge < -0.3 is 0 Å². The molecule has 1 aliphatic heterocycles. The van der Waals surface area contributed by atoms with Crippen LogP contribution >= 0.6 is 0 Å². The summed E-state index contributed by atoms with van der Waals surface area (Å²) in [5.74, 6) is 0.565. The average Bonchev–Trinajstić information content (AvgIpc) is 2.47. The lowest BCUT2D eigenvalue weighted by atomic mass is 9.78. The summed E-state index contributed by atoms with van der Waals surface area (Å²) in [6.07, 6.45) is 6.82. The van der Waals surface area contributed by atoms with E-state index in [-0.39, 0.29) is 12.1 Å². The predicted octanol–water partition coefficient (Wildman–Crippen LogP) is 3.73. The highest BCUT2D eigenvalue weighted by Crippen LogP contribution is 2.40. The van der Waals surface area contributed by atoms with Crippen molar-refractivity contribution in [2.75, 3.05) is 0 Å². The molecule has 2 aliphatic rings. The lowest BCUT2D eigenvalue weighted by molar-refractivity contribution is 0.0919. The lowest BCUT2D eigenvalue weighted by Gasteiger charge is -2.46. The van der Waals surface area contributed by atoms with E-state index in [1.54, 1.807) is 12.1 Å². The second-order valence-corrected chi connectivity index (χ2v) is 8.53. The quantitative estimate of drug-likeness (QED) is 0.835. The van der Waals surface area contributed by atoms with Crippen LogP contribution in [0.15, 0.2) is 29.2 Å². The van der Waals surface area contributed by atoms with Crippen molar-refractivity contribution in [3.63, 3.8) is 0 Å². The third-order valence-electron chi connectivity index (χ3n) is 5.18. The molecule has 0 spiro atoms. The molecule has 1 aliphatic carbocycles. The summed E-state index contributed by atoms with van der Waals surface area (Å²) in [7, 11) is -3.37. The number of nitrogens with zero attached hydrogens (tertiary/aromatic N) is 1. The number of fused-ring (bicyclic) bond motifs is 1. The van der Waals surface area contributed by atoms with Gasteiger partial charge in [-0.25, -0.2) is 8.42 Å². The summed E-state index contributed by atoms with van der Waals surface area (Å²) in [5, 5.41) is 0. The van der Waals surface area contributed by atoms with E-state index in [1.807, 2.05) is 23.4 Å². The Labute approximate surface area is 128 Å². The molecule has 3 nitrogen and oxygen atoms in total. The van der Waals surface area contributed by atoms with Gasteiger partial charge in [-0.2, -0.15) is 4.31 Å². The predicted molar refractivity (Wildman–Crippen MR) is 84.6 cm³/mol. The Morgan fingerprint density at radius 3 is 2.38 bits per heavy atom. The second kappa shape index (κ2) is 5.73. The van der Waals surface area contributed by atoms with Gasteiger partial charge in [0.1, 0.15) is 0 Å². The van der Waals surface area contributed by atoms with Gasteiger partial charge in [-0.05, 0) is 57.6 Å². The highest BCUT2D eigenvalue weighted by molar-refractivity contribution is 7.89. The second-order valence-electron chi connectivity index (χ2n) is 6.69. The SMILES string of the molecule is Cc1ccc(S(=O)(=O)N2[C@@H](C)CC[C@H]3CCCC[C@@H]32)cc1. The molecule has 0 bridgehead atoms. The minimum absolute atomic E-state index is 0.121. The largest absolute Gasteiger partial charge is 0.243 e. The number of rotatable bonds is 2. The Morgan fingerprint density at radius 1 is 1.00 bits per heavy atom. The number of benzene rings is 1. The van der Waals surface area contributed by atoms with Gasteiger partial charge in [0.05, 0.1) is 4.90 Å². The van der Waals surface area contributed by atoms with Gasteiger partial charge in [0.15, 0.2) is 0 Å². The van der Waals surface area contributed by atoms with Gasteiger partial charge in [-0.1, -0.05) is 30.5 Å². The molecule has 0 amide bonds. The van der Waals surface area contributed by atoms with E-state index in [0.717, 1.165) is 24.8 Å². The Hall–Kier alpha value is -0.870. The molecule has 1 aromatic rings. The van der Waals surface area contributed by atoms with E-state index in [0.29, 0.717) is 10.8 Å². The van der Waals surface area contributed by atoms with Crippen LogP contribution in [0.4, 0.5) is 0 Å². The van der Waals surface area contributed by atoms with Crippen LogP contribution in [0, 0.1) is 12.8 Å². The average molecular weight is 307 g/mol. The number of piperidine rings is 1. The maximum atomic E-state index is 13.1. The molecule has 3 atom stereocenters. The van der Waals surface area contributed by atoms with E-state index in [2.05, 4.69) is 6.92 Å². The first-order chi connectivity index (χ1) is 10.00. The standard InChI is InChI=1S/C17H25NO2S/c1-13-7-11-16(12-8-13)21(19,20)18-14(2)9-10-15-5-3-4-6-17(15)18/h7-8,11-12,14-15,17H,3-6,9-10H2,1-2H3/t14-,15+,17-/m0/s1. The fourth-order valence-corrected chi connectivity index (χ4v) is 5.95. The molecule has 1 saturated carbocycles. The molecule has 4 heteroatoms. The van der Waals surface area contributed by atoms with Crippen LogP contribution in [0.1, 0.15) is 51.0 Å². The number of sulfonamides is 1. The first-order valence-electron chi connectivity index (χ1n) is 8.10. The first-order valence-corrected chi connectivity index (χ1v) is 9.54. The highest BCUT2D eigenvalue weighted by atomic mass is 32.2. The zero-order valence-electron chi connectivity index (χ0n) is 13.0. The lowest BCUT2D eigenvalue weighted by Crippen LogP contribution is -2.53. The summed E-state index contributed by atoms with van der Waals surface area (Å²) in [4.78, 5) is 0.450. The van der Waals surface area contributed by atoms with Crippen LogP contribution in [0.5, 0.6) is 0 Å². The van der Waals surface area contributed by atoms with E-state index in [9.17, 15) is 8.42 Å². The van der Waals surface area contributed by atoms with Gasteiger partial charge in [0, 0.05) is 12.1 Å². The Bertz CT molecular complexity index is 594. The van der Waals surface area contributed by atoms with Crippen molar-refractivity contribution >= 4 is 10.0 Å². The molecule has 0 N–H and O–H groups in total. The fourth-order valence-electron chi connectivity index (χ4n) is 4.02. The maximum Gasteiger partial charge on any atom is 0.243 e. The van der Waals surface area contributed by atoms with Crippen molar-refractivity contribution in [2.24, 2.45) is 5.92 Å². The molecule has 21 heavy (non-hydrogen) atoms. The normalized spacial score (nSPS) is 30.9. The van der Waals surface area contributed by atoms with E-state index < -0.39 is 10.0 Å². The number of hydrogen-bond donors (Lipinski definition) is 0. The topological polar surface area (TPSA) is 37.4 Å². The molecule has 1 aromatic carbocycles. The zero-order chi connectivity index (χ0) is 15.0. The van der Waals surface area contributed by atoms with E-state index in [1.165, 1.54) is 19.3 Å². The highest BCUT2D eigenvalue weighted by Gasteiger charge is 2.43. The van der Waals surface area contributed by atoms with Crippen LogP contribution in [0.3, 0.4) is 0 Å². The first kappa shape index (κ1) is 15.0. The molecule has 2 fully saturated rings. The molecule has 1 heterocycles. The number of hydrogen-bond acceptors (Lipinski definition) is 2. The van der Waals surface area contributed by atoms with Crippen molar-refractivity contribution in [3.8, 4) is 0 Å². The van der Waals surface area contributed by atoms with Crippen LogP contribution in [0.25, 0.3) is 0 Å². The minimum atomic E-state index is -3.37. The van der Waals surface area contributed by atoms with Crippen LogP contribution in [0.2, 0.25) is 0 Å². The monoisotopic (exact) mass is 307 g/mol. The van der Waals surface area contributed by atoms with Gasteiger partial charge in [-0.15, -0.1) is 0 Å². The third kappa shape index (κ3) is 2.76. The van der Waals surface area contributed by atoms with Crippen molar-refractivity contribution in [3.05, 3.63) is 29.8 Å². The Balaban J connectivity index is 1.96. The molecule has 3 rings (SSSR count). The van der Waals surface area contributed by atoms with Crippen molar-refractivity contribution < 1.29 is 8.42 Å². The summed E-state index contributed by atoms with van der Waals surface area (Å²) < 4.78 is 28.0. The molecule has 0 radical (unpaired) electrons. The van der Waals surface area contributed by atoms with Crippen molar-refractivity contribution in [2.45, 2.75) is 69.4 Å². The third-order valence-corrected chi connectivity index (χ3v) is 7.24. The molecular weight excluding hydrogens is 282 g/mol. The van der Waals surface area contributed by atoms with Crippen molar-refractivity contribution in [1.82, 2.24) is 4.31 Å². The summed E-state index contributed by atoms with van der Waals surface area (Å²) in [6, 6.07) is 7.62. The van der Waals surface area contributed by atoms with Crippen molar-refractivity contribution in [1.29, 1.82) is 0 Å². The molecule has 116 valence electrons. The van der Waals surface area contributed by atoms with E-state index in [4.69, 9.17) is 0 Å². The number of aryl methyl sites for hydroxylation is 1. The Kier molecular flexibility index (Phi) is 4.10. The van der Waals surface area contributed by atoms with Crippen LogP contribution in [-0.2, 0) is 10.0 Å². The summed E-state index contributed by atoms with van der Waals surface area (Å²) in [5.41, 5.74) is 1.09. The van der Waals surface area contributed by atoms with Gasteiger partial charge in [0.2, 0.25) is 10.0 Å². The fraction of sp³-hybridized carbons (Fsp3) is 0.647. The molecular formula is C17H25NO2S. The van der Waals surface area contributed by atoms with Gasteiger partial charge in [0.25, 0.3) is 0 Å². The summed E-state index contributed by atoms with van der Waals surface area (Å²) >= 11 is 0. The molecule has 0 aromatic heterocycles. The van der Waals surface area contributed by atoms with Crippen LogP contribution in [-0.4, -0.2) is 24.8 Å². The Morgan fingerprint density at radius 2 is 1.67 bits per heavy atom. The summed E-state index contributed by atoms with van der Waals surface area (Å²) in [6.45, 7) is 4.05. The maximum absolute atomic E-state index is 13.1. The minimum Gasteiger partial charge on any atom is -0.207 e. The smallest absolute Gasteiger partial charge is 0.207 e. The molecule has 1 saturated heterocycles. The zero-order valence-corrected chi connectivity index (χ0v) is 13.8. The van der Waals surface area contributed by atoms with E-state index >= 15 is 0 Å². The van der Waals surface area contributed by atoms with Crippen LogP contribution < -0.4 is 0 Å². The van der Waals surface area contributed by atoms with Gasteiger partial charge >= 0.3 is 0 Å². The molecule has 0 unspecified atom stereocenters. The van der Waals surface area contributed by atoms with Gasteiger partial charge in [-0.3, -0.25) is 0 Å².